The van der Waals surface area contributed by atoms with Crippen LogP contribution in [0, 0.1) is 5.92 Å². The van der Waals surface area contributed by atoms with E-state index < -0.39 is 5.97 Å². The Labute approximate surface area is 112 Å². The predicted octanol–water partition coefficient (Wildman–Crippen LogP) is 2.77. The zero-order valence-electron chi connectivity index (χ0n) is 10.9. The van der Waals surface area contributed by atoms with Crippen LogP contribution in [-0.4, -0.2) is 19.0 Å². The summed E-state index contributed by atoms with van der Waals surface area (Å²) in [5.74, 6) is -0.0998. The molecule has 1 aromatic carbocycles. The van der Waals surface area contributed by atoms with Crippen LogP contribution >= 0.6 is 0 Å². The lowest BCUT2D eigenvalue weighted by molar-refractivity contribution is -0.116. The molecule has 0 saturated heterocycles. The van der Waals surface area contributed by atoms with Gasteiger partial charge in [-0.3, -0.25) is 4.79 Å². The highest BCUT2D eigenvalue weighted by atomic mass is 16.5. The molecule has 1 aliphatic rings. The van der Waals surface area contributed by atoms with Crippen LogP contribution in [0.3, 0.4) is 0 Å². The number of carbonyl (C=O) groups is 2. The first-order valence-electron chi connectivity index (χ1n) is 6.34. The van der Waals surface area contributed by atoms with Gasteiger partial charge < -0.3 is 10.1 Å². The van der Waals surface area contributed by atoms with Gasteiger partial charge in [0.15, 0.2) is 0 Å². The monoisotopic (exact) mass is 259 g/mol. The molecule has 1 aromatic rings. The lowest BCUT2D eigenvalue weighted by Crippen LogP contribution is -2.15. The van der Waals surface area contributed by atoms with Crippen LogP contribution in [0.5, 0.6) is 0 Å². The van der Waals surface area contributed by atoms with Crippen molar-refractivity contribution >= 4 is 17.6 Å². The molecule has 1 amide bonds. The van der Waals surface area contributed by atoms with Crippen LogP contribution in [-0.2, 0) is 9.53 Å². The second kappa shape index (κ2) is 6.18. The number of hydrogen-bond acceptors (Lipinski definition) is 3. The van der Waals surface area contributed by atoms with E-state index in [1.807, 2.05) is 0 Å². The highest BCUT2D eigenvalue weighted by Crippen LogP contribution is 2.21. The molecule has 4 nitrogen and oxygen atoms in total. The van der Waals surface area contributed by atoms with E-state index in [-0.39, 0.29) is 5.91 Å². The number of hydrogen-bond donors (Lipinski definition) is 1. The molecule has 0 saturated carbocycles. The first kappa shape index (κ1) is 13.3. The Morgan fingerprint density at radius 3 is 2.95 bits per heavy atom. The largest absolute Gasteiger partial charge is 0.465 e. The summed E-state index contributed by atoms with van der Waals surface area (Å²) in [7, 11) is 1.33. The lowest BCUT2D eigenvalue weighted by Gasteiger charge is -2.09. The molecule has 0 fully saturated rings. The molecule has 0 spiro atoms. The van der Waals surface area contributed by atoms with E-state index in [0.29, 0.717) is 23.6 Å². The highest BCUT2D eigenvalue weighted by molar-refractivity contribution is 5.94. The number of benzene rings is 1. The van der Waals surface area contributed by atoms with E-state index >= 15 is 0 Å². The van der Waals surface area contributed by atoms with Crippen LogP contribution < -0.4 is 5.32 Å². The van der Waals surface area contributed by atoms with Gasteiger partial charge >= 0.3 is 5.97 Å². The quantitative estimate of drug-likeness (QED) is 0.668. The number of carbonyl (C=O) groups excluding carboxylic acids is 2. The Balaban J connectivity index is 1.96. The Hall–Kier alpha value is -2.10. The summed E-state index contributed by atoms with van der Waals surface area (Å²) >= 11 is 0. The van der Waals surface area contributed by atoms with Crippen molar-refractivity contribution in [3.05, 3.63) is 42.0 Å². The van der Waals surface area contributed by atoms with Crippen molar-refractivity contribution in [2.24, 2.45) is 5.92 Å². The number of esters is 1. The van der Waals surface area contributed by atoms with E-state index in [2.05, 4.69) is 22.2 Å². The average molecular weight is 259 g/mol. The zero-order valence-corrected chi connectivity index (χ0v) is 10.9. The van der Waals surface area contributed by atoms with Crippen LogP contribution in [0.2, 0.25) is 0 Å². The Morgan fingerprint density at radius 1 is 1.42 bits per heavy atom. The third kappa shape index (κ3) is 3.68. The number of nitrogens with one attached hydrogen (secondary N) is 1. The molecule has 19 heavy (non-hydrogen) atoms. The smallest absolute Gasteiger partial charge is 0.337 e. The highest BCUT2D eigenvalue weighted by Gasteiger charge is 2.14. The Kier molecular flexibility index (Phi) is 4.34. The summed E-state index contributed by atoms with van der Waals surface area (Å²) < 4.78 is 4.64. The van der Waals surface area contributed by atoms with Crippen LogP contribution in [0.1, 0.15) is 29.6 Å². The molecule has 100 valence electrons. The van der Waals surface area contributed by atoms with Gasteiger partial charge in [0, 0.05) is 12.1 Å². The molecule has 0 aromatic heterocycles. The van der Waals surface area contributed by atoms with E-state index in [9.17, 15) is 9.59 Å². The summed E-state index contributed by atoms with van der Waals surface area (Å²) in [6.07, 6.45) is 6.77. The molecule has 1 N–H and O–H groups in total. The molecule has 1 atom stereocenters. The number of methoxy groups -OCH3 is 1. The molecule has 0 heterocycles. The summed E-state index contributed by atoms with van der Waals surface area (Å²) in [6, 6.07) is 6.75. The van der Waals surface area contributed by atoms with Crippen molar-refractivity contribution in [2.45, 2.75) is 19.3 Å². The van der Waals surface area contributed by atoms with E-state index in [1.165, 1.54) is 7.11 Å². The third-order valence-electron chi connectivity index (χ3n) is 3.13. The summed E-state index contributed by atoms with van der Waals surface area (Å²) in [6.45, 7) is 0. The number of rotatable bonds is 4. The fourth-order valence-corrected chi connectivity index (χ4v) is 2.16. The second-order valence-corrected chi connectivity index (χ2v) is 4.59. The lowest BCUT2D eigenvalue weighted by atomic mass is 10.0. The second-order valence-electron chi connectivity index (χ2n) is 4.59. The van der Waals surface area contributed by atoms with Gasteiger partial charge in [-0.2, -0.15) is 0 Å². The van der Waals surface area contributed by atoms with Crippen LogP contribution in [0.4, 0.5) is 5.69 Å². The maximum atomic E-state index is 11.9. The molecule has 1 aliphatic carbocycles. The normalized spacial score (nSPS) is 17.2. The van der Waals surface area contributed by atoms with Crippen LogP contribution in [0.15, 0.2) is 36.4 Å². The number of allylic oxidation sites excluding steroid dienone is 2. The summed E-state index contributed by atoms with van der Waals surface area (Å²) in [4.78, 5) is 23.2. The Bertz CT molecular complexity index is 508. The maximum Gasteiger partial charge on any atom is 0.337 e. The van der Waals surface area contributed by atoms with Gasteiger partial charge in [0.1, 0.15) is 0 Å². The van der Waals surface area contributed by atoms with Crippen molar-refractivity contribution in [3.8, 4) is 0 Å². The van der Waals surface area contributed by atoms with Gasteiger partial charge in [-0.15, -0.1) is 0 Å². The molecule has 0 bridgehead atoms. The van der Waals surface area contributed by atoms with Gasteiger partial charge in [-0.1, -0.05) is 18.2 Å². The Morgan fingerprint density at radius 2 is 2.26 bits per heavy atom. The molecule has 0 radical (unpaired) electrons. The van der Waals surface area contributed by atoms with Crippen molar-refractivity contribution in [3.63, 3.8) is 0 Å². The molecule has 2 rings (SSSR count). The topological polar surface area (TPSA) is 55.4 Å². The fraction of sp³-hybridized carbons (Fsp3) is 0.333. The van der Waals surface area contributed by atoms with E-state index in [4.69, 9.17) is 0 Å². The molecule has 0 aliphatic heterocycles. The minimum absolute atomic E-state index is 0.0291. The maximum absolute atomic E-state index is 11.9. The van der Waals surface area contributed by atoms with Crippen molar-refractivity contribution in [1.29, 1.82) is 0 Å². The van der Waals surface area contributed by atoms with Gasteiger partial charge in [-0.25, -0.2) is 4.79 Å². The molecule has 1 unspecified atom stereocenters. The van der Waals surface area contributed by atoms with Gasteiger partial charge in [0.25, 0.3) is 0 Å². The van der Waals surface area contributed by atoms with E-state index in [1.54, 1.807) is 24.3 Å². The third-order valence-corrected chi connectivity index (χ3v) is 3.13. The molecule has 4 heteroatoms. The van der Waals surface area contributed by atoms with E-state index in [0.717, 1.165) is 12.8 Å². The van der Waals surface area contributed by atoms with Crippen molar-refractivity contribution in [2.75, 3.05) is 12.4 Å². The molecular formula is C15H17NO3. The number of amides is 1. The van der Waals surface area contributed by atoms with Crippen molar-refractivity contribution < 1.29 is 14.3 Å². The number of anilines is 1. The van der Waals surface area contributed by atoms with Crippen LogP contribution in [0.25, 0.3) is 0 Å². The molecular weight excluding hydrogens is 242 g/mol. The average Bonchev–Trinajstić information content (AvgIpc) is 2.90. The van der Waals surface area contributed by atoms with Gasteiger partial charge in [0.2, 0.25) is 5.91 Å². The van der Waals surface area contributed by atoms with Gasteiger partial charge in [0.05, 0.1) is 12.7 Å². The fourth-order valence-electron chi connectivity index (χ4n) is 2.16. The minimum atomic E-state index is -0.408. The SMILES string of the molecule is COC(=O)c1cccc(NC(=O)CC2C=CCC2)c1. The van der Waals surface area contributed by atoms with Crippen molar-refractivity contribution in [1.82, 2.24) is 0 Å². The first-order valence-corrected chi connectivity index (χ1v) is 6.34. The summed E-state index contributed by atoms with van der Waals surface area (Å²) in [5.41, 5.74) is 1.05. The van der Waals surface area contributed by atoms with Gasteiger partial charge in [-0.05, 0) is 37.0 Å². The minimum Gasteiger partial charge on any atom is -0.465 e. The predicted molar refractivity (Wildman–Crippen MR) is 72.9 cm³/mol. The first-order chi connectivity index (χ1) is 9.19. The zero-order chi connectivity index (χ0) is 13.7. The summed E-state index contributed by atoms with van der Waals surface area (Å²) in [5, 5.41) is 2.81. The number of ether oxygens (including phenoxy) is 1. The standard InChI is InChI=1S/C15H17NO3/c1-19-15(18)12-7-4-8-13(10-12)16-14(17)9-11-5-2-3-6-11/h2,4-5,7-8,10-11H,3,6,9H2,1H3,(H,16,17).